The van der Waals surface area contributed by atoms with E-state index in [9.17, 15) is 0 Å². The molecular weight excluding hydrogens is 689 g/mol. The van der Waals surface area contributed by atoms with Gasteiger partial charge in [0, 0.05) is 22.3 Å². The molecule has 2 aromatic heterocycles. The molecule has 6 aromatic carbocycles. The van der Waals surface area contributed by atoms with Crippen molar-refractivity contribution in [3.63, 3.8) is 0 Å². The third-order valence-corrected chi connectivity index (χ3v) is 10.9. The van der Waals surface area contributed by atoms with E-state index in [-0.39, 0.29) is 10.8 Å². The molecule has 2 heterocycles. The molecule has 6 nitrogen and oxygen atoms in total. The molecule has 0 aliphatic heterocycles. The van der Waals surface area contributed by atoms with Crippen molar-refractivity contribution in [2.24, 2.45) is 0 Å². The molecule has 0 atom stereocenters. The van der Waals surface area contributed by atoms with Crippen molar-refractivity contribution < 1.29 is 8.83 Å². The van der Waals surface area contributed by atoms with E-state index in [4.69, 9.17) is 8.83 Å². The van der Waals surface area contributed by atoms with Crippen LogP contribution in [0.15, 0.2) is 142 Å². The third kappa shape index (κ3) is 6.77. The summed E-state index contributed by atoms with van der Waals surface area (Å²) >= 11 is 0. The Morgan fingerprint density at radius 3 is 1.05 bits per heavy atom. The molecule has 1 aliphatic carbocycles. The number of benzene rings is 6. The average Bonchev–Trinajstić information content (AvgIpc) is 3.90. The highest BCUT2D eigenvalue weighted by atomic mass is 16.4. The largest absolute Gasteiger partial charge is 0.416 e. The van der Waals surface area contributed by atoms with Gasteiger partial charge >= 0.3 is 0 Å². The first kappa shape index (κ1) is 35.3. The van der Waals surface area contributed by atoms with Gasteiger partial charge in [0.15, 0.2) is 0 Å². The van der Waals surface area contributed by atoms with Crippen LogP contribution in [0, 0.1) is 0 Å². The Morgan fingerprint density at radius 1 is 0.357 bits per heavy atom. The lowest BCUT2D eigenvalue weighted by molar-refractivity contribution is 0.582. The number of aromatic nitrogens is 4. The lowest BCUT2D eigenvalue weighted by atomic mass is 9.83. The molecule has 0 saturated heterocycles. The second-order valence-corrected chi connectivity index (χ2v) is 16.9. The summed E-state index contributed by atoms with van der Waals surface area (Å²) < 4.78 is 12.6. The fourth-order valence-corrected chi connectivity index (χ4v) is 7.70. The van der Waals surface area contributed by atoms with Gasteiger partial charge in [-0.3, -0.25) is 0 Å². The number of rotatable bonds is 4. The maximum absolute atomic E-state index is 6.31. The van der Waals surface area contributed by atoms with Gasteiger partial charge in [-0.15, -0.1) is 20.4 Å². The molecule has 1 aliphatic rings. The van der Waals surface area contributed by atoms with Gasteiger partial charge in [-0.05, 0) is 128 Å². The summed E-state index contributed by atoms with van der Waals surface area (Å²) in [6.45, 7) is 13.3. The minimum absolute atomic E-state index is 0.0686. The highest BCUT2D eigenvalue weighted by molar-refractivity contribution is 5.80. The molecule has 8 aromatic rings. The SMILES string of the molecule is CC(C)(C)c1ccc(-c2nnc(-c3ccc4c(c3)Cc3ccccc3-c3ccc(-c5nnc(-c6ccc(C(C)(C)C)cc6)o5)cc3Cc3ccccc3-4)o2)cc1. The summed E-state index contributed by atoms with van der Waals surface area (Å²) in [5.41, 5.74) is 15.9. The smallest absolute Gasteiger partial charge is 0.248 e. The molecule has 0 fully saturated rings. The zero-order chi connectivity index (χ0) is 38.6. The van der Waals surface area contributed by atoms with Crippen molar-refractivity contribution in [1.82, 2.24) is 20.4 Å². The van der Waals surface area contributed by atoms with E-state index in [1.807, 2.05) is 0 Å². The van der Waals surface area contributed by atoms with Crippen LogP contribution in [-0.4, -0.2) is 20.4 Å². The van der Waals surface area contributed by atoms with Crippen molar-refractivity contribution in [1.29, 1.82) is 0 Å². The van der Waals surface area contributed by atoms with E-state index in [0.717, 1.165) is 35.1 Å². The van der Waals surface area contributed by atoms with Crippen LogP contribution in [0.4, 0.5) is 0 Å². The van der Waals surface area contributed by atoms with Crippen LogP contribution in [0.2, 0.25) is 0 Å². The third-order valence-electron chi connectivity index (χ3n) is 10.9. The maximum Gasteiger partial charge on any atom is 0.248 e. The zero-order valence-electron chi connectivity index (χ0n) is 32.7. The number of nitrogens with zero attached hydrogens (tertiary/aromatic N) is 4. The minimum Gasteiger partial charge on any atom is -0.416 e. The molecule has 0 radical (unpaired) electrons. The van der Waals surface area contributed by atoms with Gasteiger partial charge < -0.3 is 8.83 Å². The zero-order valence-corrected chi connectivity index (χ0v) is 32.7. The van der Waals surface area contributed by atoms with Crippen molar-refractivity contribution in [2.75, 3.05) is 0 Å². The number of hydrogen-bond acceptors (Lipinski definition) is 6. The van der Waals surface area contributed by atoms with E-state index in [1.54, 1.807) is 0 Å². The van der Waals surface area contributed by atoms with Crippen LogP contribution >= 0.6 is 0 Å². The topological polar surface area (TPSA) is 77.8 Å². The van der Waals surface area contributed by atoms with Crippen molar-refractivity contribution in [2.45, 2.75) is 65.2 Å². The van der Waals surface area contributed by atoms with Crippen LogP contribution in [0.25, 0.3) is 68.1 Å². The average molecular weight is 733 g/mol. The van der Waals surface area contributed by atoms with Gasteiger partial charge in [-0.1, -0.05) is 126 Å². The summed E-state index contributed by atoms with van der Waals surface area (Å²) in [6, 6.07) is 47.3. The fraction of sp³-hybridized carbons (Fsp3) is 0.200. The lowest BCUT2D eigenvalue weighted by Crippen LogP contribution is -2.10. The number of fused-ring (bicyclic) bond motifs is 6. The van der Waals surface area contributed by atoms with Gasteiger partial charge in [-0.25, -0.2) is 0 Å². The van der Waals surface area contributed by atoms with E-state index >= 15 is 0 Å². The monoisotopic (exact) mass is 732 g/mol. The van der Waals surface area contributed by atoms with Crippen molar-refractivity contribution in [3.05, 3.63) is 167 Å². The van der Waals surface area contributed by atoms with Crippen LogP contribution in [0.5, 0.6) is 0 Å². The molecule has 0 spiro atoms. The molecule has 6 heteroatoms. The van der Waals surface area contributed by atoms with Gasteiger partial charge in [0.25, 0.3) is 0 Å². The minimum atomic E-state index is 0.0686. The van der Waals surface area contributed by atoms with Crippen LogP contribution < -0.4 is 0 Å². The molecule has 276 valence electrons. The second-order valence-electron chi connectivity index (χ2n) is 16.9. The van der Waals surface area contributed by atoms with Crippen LogP contribution in [0.3, 0.4) is 0 Å². The maximum atomic E-state index is 6.31. The standard InChI is InChI=1S/C50H44N4O2/c1-49(2,3)39-21-15-31(16-22-39)45-51-53-47(55-45)35-19-25-43-37(29-35)27-33-11-7-10-14-42(33)44-26-20-36(30-38(44)28-34-12-8-9-13-41(34)43)48-54-52-46(56-48)32-17-23-40(24-18-32)50(4,5)6/h7-26,29-30H,27-28H2,1-6H3. The summed E-state index contributed by atoms with van der Waals surface area (Å²) in [5, 5.41) is 17.9. The molecule has 0 saturated carbocycles. The van der Waals surface area contributed by atoms with E-state index < -0.39 is 0 Å². The second kappa shape index (κ2) is 13.7. The first-order valence-corrected chi connectivity index (χ1v) is 19.3. The van der Waals surface area contributed by atoms with E-state index in [2.05, 4.69) is 195 Å². The summed E-state index contributed by atoms with van der Waals surface area (Å²) in [6.07, 6.45) is 1.45. The highest BCUT2D eigenvalue weighted by Gasteiger charge is 2.22. The van der Waals surface area contributed by atoms with E-state index in [0.29, 0.717) is 23.6 Å². The Morgan fingerprint density at radius 2 is 0.679 bits per heavy atom. The Labute approximate surface area is 328 Å². The Bertz CT molecular complexity index is 2520. The van der Waals surface area contributed by atoms with Gasteiger partial charge in [0.05, 0.1) is 0 Å². The quantitative estimate of drug-likeness (QED) is 0.179. The van der Waals surface area contributed by atoms with Crippen LogP contribution in [0.1, 0.15) is 74.9 Å². The molecule has 0 N–H and O–H groups in total. The molecule has 0 bridgehead atoms. The van der Waals surface area contributed by atoms with Gasteiger partial charge in [-0.2, -0.15) is 0 Å². The van der Waals surface area contributed by atoms with E-state index in [1.165, 1.54) is 55.6 Å². The van der Waals surface area contributed by atoms with Crippen molar-refractivity contribution in [3.8, 4) is 68.1 Å². The summed E-state index contributed by atoms with van der Waals surface area (Å²) in [7, 11) is 0. The first-order valence-electron chi connectivity index (χ1n) is 19.3. The molecule has 0 unspecified atom stereocenters. The Hall–Kier alpha value is -6.40. The summed E-state index contributed by atoms with van der Waals surface area (Å²) in [5.74, 6) is 2.04. The lowest BCUT2D eigenvalue weighted by Gasteiger charge is -2.21. The predicted molar refractivity (Wildman–Crippen MR) is 224 cm³/mol. The first-order chi connectivity index (χ1) is 27.0. The molecular formula is C50H44N4O2. The van der Waals surface area contributed by atoms with Crippen LogP contribution in [-0.2, 0) is 23.7 Å². The van der Waals surface area contributed by atoms with Gasteiger partial charge in [0.1, 0.15) is 0 Å². The predicted octanol–water partition coefficient (Wildman–Crippen LogP) is 12.5. The van der Waals surface area contributed by atoms with Crippen molar-refractivity contribution >= 4 is 0 Å². The van der Waals surface area contributed by atoms with Gasteiger partial charge in [0.2, 0.25) is 23.6 Å². The molecule has 0 amide bonds. The Kier molecular flexibility index (Phi) is 8.65. The summed E-state index contributed by atoms with van der Waals surface area (Å²) in [4.78, 5) is 0. The molecule has 9 rings (SSSR count). The fourth-order valence-electron chi connectivity index (χ4n) is 7.70. The normalized spacial score (nSPS) is 12.7. The molecule has 56 heavy (non-hydrogen) atoms. The highest BCUT2D eigenvalue weighted by Crippen LogP contribution is 2.40. The Balaban J connectivity index is 1.08. The number of hydrogen-bond donors (Lipinski definition) is 0.